The lowest BCUT2D eigenvalue weighted by atomic mass is 10.2. The Kier molecular flexibility index (Phi) is 6.10. The number of nitro benzene ring substituents is 1. The Morgan fingerprint density at radius 1 is 1.39 bits per heavy atom. The van der Waals surface area contributed by atoms with Crippen LogP contribution >= 0.6 is 0 Å². The van der Waals surface area contributed by atoms with Crippen molar-refractivity contribution in [3.8, 4) is 5.75 Å². The third-order valence-electron chi connectivity index (χ3n) is 2.35. The van der Waals surface area contributed by atoms with Crippen LogP contribution in [-0.2, 0) is 11.3 Å². The molecule has 0 aliphatic rings. The number of benzene rings is 1. The molecule has 1 aromatic carbocycles. The molecule has 6 heteroatoms. The van der Waals surface area contributed by atoms with Gasteiger partial charge in [0.2, 0.25) is 0 Å². The highest BCUT2D eigenvalue weighted by molar-refractivity contribution is 5.48. The smallest absolute Gasteiger partial charge is 0.310 e. The van der Waals surface area contributed by atoms with Crippen LogP contribution in [0.1, 0.15) is 18.9 Å². The standard InChI is InChI=1S/C12H18N2O4/c1-2-17-6-3-7-18-12-8-10(9-13)4-5-11(12)14(15)16/h4-5,8H,2-3,6-7,9,13H2,1H3. The van der Waals surface area contributed by atoms with Crippen molar-refractivity contribution in [3.63, 3.8) is 0 Å². The maximum Gasteiger partial charge on any atom is 0.310 e. The fourth-order valence-electron chi connectivity index (χ4n) is 1.44. The molecule has 0 radical (unpaired) electrons. The average Bonchev–Trinajstić information content (AvgIpc) is 2.38. The van der Waals surface area contributed by atoms with Crippen molar-refractivity contribution in [3.05, 3.63) is 33.9 Å². The Balaban J connectivity index is 2.63. The molecule has 1 aromatic rings. The SMILES string of the molecule is CCOCCCOc1cc(CN)ccc1[N+](=O)[O-]. The molecule has 0 spiro atoms. The van der Waals surface area contributed by atoms with Gasteiger partial charge < -0.3 is 15.2 Å². The molecule has 6 nitrogen and oxygen atoms in total. The number of nitrogens with two attached hydrogens (primary N) is 1. The van der Waals surface area contributed by atoms with Crippen LogP contribution in [0.2, 0.25) is 0 Å². The first-order valence-corrected chi connectivity index (χ1v) is 5.87. The lowest BCUT2D eigenvalue weighted by Gasteiger charge is -2.08. The van der Waals surface area contributed by atoms with Gasteiger partial charge in [0.1, 0.15) is 0 Å². The molecule has 100 valence electrons. The van der Waals surface area contributed by atoms with Crippen molar-refractivity contribution in [2.45, 2.75) is 19.9 Å². The number of ether oxygens (including phenoxy) is 2. The highest BCUT2D eigenvalue weighted by atomic mass is 16.6. The van der Waals surface area contributed by atoms with Crippen molar-refractivity contribution < 1.29 is 14.4 Å². The van der Waals surface area contributed by atoms with E-state index in [0.717, 1.165) is 5.56 Å². The summed E-state index contributed by atoms with van der Waals surface area (Å²) in [6, 6.07) is 4.66. The summed E-state index contributed by atoms with van der Waals surface area (Å²) in [7, 11) is 0. The van der Waals surface area contributed by atoms with E-state index < -0.39 is 4.92 Å². The summed E-state index contributed by atoms with van der Waals surface area (Å²) in [6.45, 7) is 3.86. The van der Waals surface area contributed by atoms with Gasteiger partial charge in [-0.1, -0.05) is 6.07 Å². The largest absolute Gasteiger partial charge is 0.487 e. The normalized spacial score (nSPS) is 10.3. The number of hydrogen-bond donors (Lipinski definition) is 1. The third kappa shape index (κ3) is 4.31. The van der Waals surface area contributed by atoms with Crippen LogP contribution in [0.5, 0.6) is 5.75 Å². The second-order valence-electron chi connectivity index (χ2n) is 3.66. The zero-order valence-electron chi connectivity index (χ0n) is 10.4. The minimum absolute atomic E-state index is 0.0383. The van der Waals surface area contributed by atoms with Crippen LogP contribution in [0.4, 0.5) is 5.69 Å². The fraction of sp³-hybridized carbons (Fsp3) is 0.500. The molecule has 0 heterocycles. The predicted octanol–water partition coefficient (Wildman–Crippen LogP) is 1.86. The number of hydrogen-bond acceptors (Lipinski definition) is 5. The zero-order chi connectivity index (χ0) is 13.4. The first-order valence-electron chi connectivity index (χ1n) is 5.87. The quantitative estimate of drug-likeness (QED) is 0.434. The summed E-state index contributed by atoms with van der Waals surface area (Å²) in [5.74, 6) is 0.263. The molecular weight excluding hydrogens is 236 g/mol. The maximum absolute atomic E-state index is 10.8. The van der Waals surface area contributed by atoms with Gasteiger partial charge in [0.05, 0.1) is 11.5 Å². The van der Waals surface area contributed by atoms with Gasteiger partial charge in [0.15, 0.2) is 5.75 Å². The molecule has 0 saturated carbocycles. The lowest BCUT2D eigenvalue weighted by molar-refractivity contribution is -0.385. The Morgan fingerprint density at radius 3 is 2.78 bits per heavy atom. The van der Waals surface area contributed by atoms with Crippen LogP contribution in [0.3, 0.4) is 0 Å². The molecule has 18 heavy (non-hydrogen) atoms. The molecular formula is C12H18N2O4. The topological polar surface area (TPSA) is 87.6 Å². The van der Waals surface area contributed by atoms with Crippen molar-refractivity contribution in [2.75, 3.05) is 19.8 Å². The highest BCUT2D eigenvalue weighted by Crippen LogP contribution is 2.27. The zero-order valence-corrected chi connectivity index (χ0v) is 10.4. The molecule has 0 aromatic heterocycles. The molecule has 0 amide bonds. The minimum atomic E-state index is -0.460. The van der Waals surface area contributed by atoms with E-state index in [2.05, 4.69) is 0 Å². The Bertz CT molecular complexity index is 396. The number of rotatable bonds is 8. The molecule has 0 unspecified atom stereocenters. The van der Waals surface area contributed by atoms with Crippen LogP contribution in [0.25, 0.3) is 0 Å². The molecule has 0 aliphatic carbocycles. The summed E-state index contributed by atoms with van der Waals surface area (Å²) in [5.41, 5.74) is 6.26. The van der Waals surface area contributed by atoms with Gasteiger partial charge in [-0.25, -0.2) is 0 Å². The van der Waals surface area contributed by atoms with E-state index in [1.54, 1.807) is 12.1 Å². The van der Waals surface area contributed by atoms with Gasteiger partial charge >= 0.3 is 5.69 Å². The summed E-state index contributed by atoms with van der Waals surface area (Å²) in [4.78, 5) is 10.4. The summed E-state index contributed by atoms with van der Waals surface area (Å²) in [5, 5.41) is 10.8. The van der Waals surface area contributed by atoms with Crippen LogP contribution in [-0.4, -0.2) is 24.7 Å². The Morgan fingerprint density at radius 2 is 2.17 bits per heavy atom. The molecule has 0 aliphatic heterocycles. The van der Waals surface area contributed by atoms with E-state index in [0.29, 0.717) is 32.8 Å². The van der Waals surface area contributed by atoms with Gasteiger partial charge in [0, 0.05) is 32.2 Å². The Hall–Kier alpha value is -1.66. The van der Waals surface area contributed by atoms with E-state index in [-0.39, 0.29) is 11.4 Å². The van der Waals surface area contributed by atoms with Crippen molar-refractivity contribution in [2.24, 2.45) is 5.73 Å². The maximum atomic E-state index is 10.8. The molecule has 2 N–H and O–H groups in total. The van der Waals surface area contributed by atoms with Gasteiger partial charge in [0.25, 0.3) is 0 Å². The predicted molar refractivity (Wildman–Crippen MR) is 67.6 cm³/mol. The lowest BCUT2D eigenvalue weighted by Crippen LogP contribution is -2.05. The summed E-state index contributed by atoms with van der Waals surface area (Å²) >= 11 is 0. The van der Waals surface area contributed by atoms with E-state index in [9.17, 15) is 10.1 Å². The van der Waals surface area contributed by atoms with Gasteiger partial charge in [-0.2, -0.15) is 0 Å². The minimum Gasteiger partial charge on any atom is -0.487 e. The second-order valence-corrected chi connectivity index (χ2v) is 3.66. The average molecular weight is 254 g/mol. The first kappa shape index (κ1) is 14.4. The van der Waals surface area contributed by atoms with Gasteiger partial charge in [-0.05, 0) is 18.6 Å². The van der Waals surface area contributed by atoms with Gasteiger partial charge in [-0.3, -0.25) is 10.1 Å². The second kappa shape index (κ2) is 7.62. The van der Waals surface area contributed by atoms with E-state index in [4.69, 9.17) is 15.2 Å². The van der Waals surface area contributed by atoms with E-state index in [1.807, 2.05) is 6.92 Å². The monoisotopic (exact) mass is 254 g/mol. The van der Waals surface area contributed by atoms with E-state index in [1.165, 1.54) is 6.07 Å². The van der Waals surface area contributed by atoms with E-state index >= 15 is 0 Å². The number of nitro groups is 1. The molecule has 0 atom stereocenters. The number of nitrogens with zero attached hydrogens (tertiary/aromatic N) is 1. The van der Waals surface area contributed by atoms with Gasteiger partial charge in [-0.15, -0.1) is 0 Å². The van der Waals surface area contributed by atoms with Crippen LogP contribution in [0, 0.1) is 10.1 Å². The molecule has 0 saturated heterocycles. The molecule has 0 bridgehead atoms. The summed E-state index contributed by atoms with van der Waals surface area (Å²) in [6.07, 6.45) is 0.692. The Labute approximate surface area is 106 Å². The van der Waals surface area contributed by atoms with Crippen molar-refractivity contribution in [1.82, 2.24) is 0 Å². The van der Waals surface area contributed by atoms with Crippen molar-refractivity contribution in [1.29, 1.82) is 0 Å². The van der Waals surface area contributed by atoms with Crippen LogP contribution in [0.15, 0.2) is 18.2 Å². The van der Waals surface area contributed by atoms with Crippen LogP contribution < -0.4 is 10.5 Å². The first-order chi connectivity index (χ1) is 8.69. The molecule has 1 rings (SSSR count). The highest BCUT2D eigenvalue weighted by Gasteiger charge is 2.15. The third-order valence-corrected chi connectivity index (χ3v) is 2.35. The fourth-order valence-corrected chi connectivity index (χ4v) is 1.44. The molecule has 0 fully saturated rings. The van der Waals surface area contributed by atoms with Crippen molar-refractivity contribution >= 4 is 5.69 Å². The summed E-state index contributed by atoms with van der Waals surface area (Å²) < 4.78 is 10.6.